The van der Waals surface area contributed by atoms with Crippen molar-refractivity contribution in [3.05, 3.63) is 30.1 Å². The summed E-state index contributed by atoms with van der Waals surface area (Å²) in [5, 5.41) is 3.23. The van der Waals surface area contributed by atoms with Gasteiger partial charge in [0.25, 0.3) is 0 Å². The quantitative estimate of drug-likeness (QED) is 0.778. The van der Waals surface area contributed by atoms with Gasteiger partial charge in [0.05, 0.1) is 0 Å². The van der Waals surface area contributed by atoms with Crippen molar-refractivity contribution in [3.63, 3.8) is 0 Å². The molecule has 2 nitrogen and oxygen atoms in total. The van der Waals surface area contributed by atoms with Gasteiger partial charge in [0, 0.05) is 17.2 Å². The van der Waals surface area contributed by atoms with Gasteiger partial charge in [-0.15, -0.1) is 11.8 Å². The summed E-state index contributed by atoms with van der Waals surface area (Å²) in [7, 11) is 2.02. The lowest BCUT2D eigenvalue weighted by Crippen LogP contribution is -2.35. The molecule has 0 aromatic heterocycles. The minimum Gasteiger partial charge on any atom is -0.320 e. The number of hydrogen-bond acceptors (Lipinski definition) is 3. The molecule has 1 aliphatic rings. The molecule has 20 heavy (non-hydrogen) atoms. The highest BCUT2D eigenvalue weighted by molar-refractivity contribution is 7.99. The van der Waals surface area contributed by atoms with Crippen molar-refractivity contribution in [2.75, 3.05) is 39.0 Å². The van der Waals surface area contributed by atoms with Gasteiger partial charge in [-0.05, 0) is 64.0 Å². The summed E-state index contributed by atoms with van der Waals surface area (Å²) in [5.41, 5.74) is 0. The first-order chi connectivity index (χ1) is 9.79. The Morgan fingerprint density at radius 2 is 2.05 bits per heavy atom. The maximum Gasteiger partial charge on any atom is 0.136 e. The molecule has 1 aromatic carbocycles. The lowest BCUT2D eigenvalue weighted by Gasteiger charge is -2.31. The normalized spacial score (nSPS) is 17.5. The fraction of sp³-hybridized carbons (Fsp3) is 0.625. The van der Waals surface area contributed by atoms with E-state index >= 15 is 0 Å². The second-order valence-corrected chi connectivity index (χ2v) is 6.59. The predicted octanol–water partition coefficient (Wildman–Crippen LogP) is 3.24. The molecule has 1 saturated heterocycles. The number of nitrogens with zero attached hydrogens (tertiary/aromatic N) is 1. The van der Waals surface area contributed by atoms with Crippen LogP contribution < -0.4 is 5.32 Å². The summed E-state index contributed by atoms with van der Waals surface area (Å²) in [5.74, 6) is 1.77. The third-order valence-corrected chi connectivity index (χ3v) is 5.04. The minimum absolute atomic E-state index is 0.0942. The largest absolute Gasteiger partial charge is 0.320 e. The number of hydrogen-bond donors (Lipinski definition) is 1. The summed E-state index contributed by atoms with van der Waals surface area (Å²) >= 11 is 1.63. The smallest absolute Gasteiger partial charge is 0.136 e. The molecule has 0 spiro atoms. The van der Waals surface area contributed by atoms with Crippen LogP contribution in [0.5, 0.6) is 0 Å². The van der Waals surface area contributed by atoms with Gasteiger partial charge in [-0.25, -0.2) is 4.39 Å². The zero-order chi connectivity index (χ0) is 14.2. The van der Waals surface area contributed by atoms with E-state index < -0.39 is 0 Å². The number of rotatable bonds is 7. The molecule has 0 saturated carbocycles. The second-order valence-electron chi connectivity index (χ2n) is 5.46. The Bertz CT molecular complexity index is 392. The molecule has 0 atom stereocenters. The second kappa shape index (κ2) is 8.65. The number of nitrogens with one attached hydrogen (secondary N) is 1. The molecule has 0 radical (unpaired) electrons. The minimum atomic E-state index is -0.0942. The molecule has 1 fully saturated rings. The molecule has 4 heteroatoms. The molecule has 0 unspecified atom stereocenters. The maximum absolute atomic E-state index is 13.5. The monoisotopic (exact) mass is 296 g/mol. The van der Waals surface area contributed by atoms with Crippen LogP contribution in [0, 0.1) is 11.7 Å². The van der Waals surface area contributed by atoms with Crippen LogP contribution in [0.1, 0.15) is 19.3 Å². The van der Waals surface area contributed by atoms with E-state index in [9.17, 15) is 4.39 Å². The van der Waals surface area contributed by atoms with Crippen LogP contribution in [0.15, 0.2) is 29.2 Å². The zero-order valence-corrected chi connectivity index (χ0v) is 13.1. The summed E-state index contributed by atoms with van der Waals surface area (Å²) in [6.45, 7) is 4.60. The maximum atomic E-state index is 13.5. The van der Waals surface area contributed by atoms with Crippen LogP contribution in [0.2, 0.25) is 0 Å². The van der Waals surface area contributed by atoms with Crippen LogP contribution in [0.3, 0.4) is 0 Å². The van der Waals surface area contributed by atoms with Crippen LogP contribution in [0.4, 0.5) is 4.39 Å². The van der Waals surface area contributed by atoms with Crippen LogP contribution >= 0.6 is 11.8 Å². The molecule has 1 aliphatic heterocycles. The number of piperidine rings is 1. The topological polar surface area (TPSA) is 15.3 Å². The Kier molecular flexibility index (Phi) is 6.83. The highest BCUT2D eigenvalue weighted by Gasteiger charge is 2.18. The van der Waals surface area contributed by atoms with Crippen LogP contribution in [-0.4, -0.2) is 43.9 Å². The molecular formula is C16H25FN2S. The number of likely N-dealkylation sites (tertiary alicyclic amines) is 1. The summed E-state index contributed by atoms with van der Waals surface area (Å²) in [6, 6.07) is 7.05. The first-order valence-electron chi connectivity index (χ1n) is 7.54. The molecule has 0 aliphatic carbocycles. The molecule has 2 rings (SSSR count). The Morgan fingerprint density at radius 3 is 2.75 bits per heavy atom. The lowest BCUT2D eigenvalue weighted by molar-refractivity contribution is 0.188. The van der Waals surface area contributed by atoms with Crippen molar-refractivity contribution in [2.24, 2.45) is 5.92 Å². The first kappa shape index (κ1) is 15.8. The molecule has 1 heterocycles. The third-order valence-electron chi connectivity index (χ3n) is 4.01. The zero-order valence-electron chi connectivity index (χ0n) is 12.3. The van der Waals surface area contributed by atoms with Crippen molar-refractivity contribution in [1.82, 2.24) is 10.2 Å². The van der Waals surface area contributed by atoms with Gasteiger partial charge in [0.1, 0.15) is 5.82 Å². The van der Waals surface area contributed by atoms with E-state index in [1.54, 1.807) is 17.8 Å². The number of thioether (sulfide) groups is 1. The van der Waals surface area contributed by atoms with E-state index in [1.165, 1.54) is 38.4 Å². The van der Waals surface area contributed by atoms with Gasteiger partial charge in [0.2, 0.25) is 0 Å². The van der Waals surface area contributed by atoms with E-state index in [1.807, 2.05) is 19.2 Å². The SMILES string of the molecule is CNCCC1CCN(CCSc2ccccc2F)CC1. The third kappa shape index (κ3) is 5.08. The molecule has 1 N–H and O–H groups in total. The molecule has 0 bridgehead atoms. The van der Waals surface area contributed by atoms with Gasteiger partial charge < -0.3 is 10.2 Å². The fourth-order valence-electron chi connectivity index (χ4n) is 2.69. The Balaban J connectivity index is 1.63. The number of benzene rings is 1. The lowest BCUT2D eigenvalue weighted by atomic mass is 9.94. The van der Waals surface area contributed by atoms with Crippen molar-refractivity contribution in [2.45, 2.75) is 24.2 Å². The van der Waals surface area contributed by atoms with E-state index in [-0.39, 0.29) is 5.82 Å². The summed E-state index contributed by atoms with van der Waals surface area (Å²) < 4.78 is 13.5. The summed E-state index contributed by atoms with van der Waals surface area (Å²) in [6.07, 6.45) is 3.92. The van der Waals surface area contributed by atoms with Crippen molar-refractivity contribution in [1.29, 1.82) is 0 Å². The van der Waals surface area contributed by atoms with Gasteiger partial charge >= 0.3 is 0 Å². The molecule has 0 amide bonds. The fourth-order valence-corrected chi connectivity index (χ4v) is 3.64. The van der Waals surface area contributed by atoms with Gasteiger partial charge in [-0.1, -0.05) is 12.1 Å². The first-order valence-corrected chi connectivity index (χ1v) is 8.52. The predicted molar refractivity (Wildman–Crippen MR) is 84.8 cm³/mol. The van der Waals surface area contributed by atoms with Crippen LogP contribution in [0.25, 0.3) is 0 Å². The number of halogens is 1. The van der Waals surface area contributed by atoms with E-state index in [0.717, 1.165) is 29.7 Å². The Hall–Kier alpha value is -0.580. The Morgan fingerprint density at radius 1 is 1.30 bits per heavy atom. The highest BCUT2D eigenvalue weighted by Crippen LogP contribution is 2.23. The standard InChI is InChI=1S/C16H25FN2S/c1-18-9-6-14-7-10-19(11-8-14)12-13-20-16-5-3-2-4-15(16)17/h2-5,14,18H,6-13H2,1H3. The van der Waals surface area contributed by atoms with Gasteiger partial charge in [-0.2, -0.15) is 0 Å². The molecular weight excluding hydrogens is 271 g/mol. The van der Waals surface area contributed by atoms with Crippen LogP contribution in [-0.2, 0) is 0 Å². The summed E-state index contributed by atoms with van der Waals surface area (Å²) in [4.78, 5) is 3.29. The van der Waals surface area contributed by atoms with Crippen molar-refractivity contribution in [3.8, 4) is 0 Å². The molecule has 112 valence electrons. The van der Waals surface area contributed by atoms with Gasteiger partial charge in [-0.3, -0.25) is 0 Å². The average molecular weight is 296 g/mol. The Labute approximate surface area is 126 Å². The van der Waals surface area contributed by atoms with E-state index in [4.69, 9.17) is 0 Å². The van der Waals surface area contributed by atoms with Crippen molar-refractivity contribution >= 4 is 11.8 Å². The highest BCUT2D eigenvalue weighted by atomic mass is 32.2. The van der Waals surface area contributed by atoms with E-state index in [2.05, 4.69) is 10.2 Å². The average Bonchev–Trinajstić information content (AvgIpc) is 2.48. The van der Waals surface area contributed by atoms with Gasteiger partial charge in [0.15, 0.2) is 0 Å². The van der Waals surface area contributed by atoms with E-state index in [0.29, 0.717) is 0 Å². The van der Waals surface area contributed by atoms with Crippen molar-refractivity contribution < 1.29 is 4.39 Å². The molecule has 1 aromatic rings.